The Bertz CT molecular complexity index is 301. The molecule has 0 amide bonds. The summed E-state index contributed by atoms with van der Waals surface area (Å²) in [6.45, 7) is 0.619. The first-order valence-electron chi connectivity index (χ1n) is 3.33. The minimum atomic E-state index is 0.543. The van der Waals surface area contributed by atoms with E-state index in [1.807, 2.05) is 0 Å². The van der Waals surface area contributed by atoms with Crippen LogP contribution in [0.2, 0.25) is 0 Å². The van der Waals surface area contributed by atoms with Crippen LogP contribution in [0.25, 0.3) is 0 Å². The van der Waals surface area contributed by atoms with Gasteiger partial charge < -0.3 is 9.94 Å². The molecule has 0 saturated carbocycles. The van der Waals surface area contributed by atoms with Crippen molar-refractivity contribution in [1.82, 2.24) is 0 Å². The molecule has 1 aromatic heterocycles. The first kappa shape index (κ1) is 6.91. The average molecular weight is 216 g/mol. The molecule has 0 saturated heterocycles. The third kappa shape index (κ3) is 0.976. The van der Waals surface area contributed by atoms with Gasteiger partial charge in [-0.05, 0) is 6.07 Å². The Morgan fingerprint density at radius 3 is 3.18 bits per heavy atom. The van der Waals surface area contributed by atoms with Gasteiger partial charge in [-0.25, -0.2) is 0 Å². The maximum Gasteiger partial charge on any atom is 0.259 e. The molecule has 0 aromatic carbocycles. The Morgan fingerprint density at radius 2 is 2.36 bits per heavy atom. The second-order valence-electron chi connectivity index (χ2n) is 2.36. The molecule has 1 aromatic rings. The fourth-order valence-corrected chi connectivity index (χ4v) is 1.50. The SMILES string of the molecule is [O-][n+]1c(Br)ccc2c1CCO2. The van der Waals surface area contributed by atoms with Crippen LogP contribution in [0.3, 0.4) is 0 Å². The molecular weight excluding hydrogens is 210 g/mol. The second-order valence-corrected chi connectivity index (χ2v) is 3.17. The Hall–Kier alpha value is -0.770. The number of pyridine rings is 1. The molecular formula is C7H6BrNO2. The lowest BCUT2D eigenvalue weighted by molar-refractivity contribution is -0.624. The van der Waals surface area contributed by atoms with Gasteiger partial charge in [0.15, 0.2) is 5.75 Å². The predicted molar refractivity (Wildman–Crippen MR) is 42.3 cm³/mol. The van der Waals surface area contributed by atoms with Gasteiger partial charge in [0.2, 0.25) is 5.69 Å². The van der Waals surface area contributed by atoms with Crippen molar-refractivity contribution in [2.24, 2.45) is 0 Å². The zero-order chi connectivity index (χ0) is 7.84. The Kier molecular flexibility index (Phi) is 1.49. The predicted octanol–water partition coefficient (Wildman–Crippen LogP) is 1.02. The van der Waals surface area contributed by atoms with Crippen molar-refractivity contribution in [2.75, 3.05) is 6.61 Å². The van der Waals surface area contributed by atoms with Crippen LogP contribution in [0, 0.1) is 5.21 Å². The molecule has 0 atom stereocenters. The zero-order valence-corrected chi connectivity index (χ0v) is 7.30. The second kappa shape index (κ2) is 2.37. The Morgan fingerprint density at radius 1 is 1.55 bits per heavy atom. The molecule has 2 rings (SSSR count). The van der Waals surface area contributed by atoms with Gasteiger partial charge in [0.25, 0.3) is 4.60 Å². The van der Waals surface area contributed by atoms with Gasteiger partial charge in [-0.15, -0.1) is 0 Å². The number of fused-ring (bicyclic) bond motifs is 1. The van der Waals surface area contributed by atoms with Crippen LogP contribution in [-0.4, -0.2) is 6.61 Å². The fraction of sp³-hybridized carbons (Fsp3) is 0.286. The molecule has 1 aliphatic heterocycles. The average Bonchev–Trinajstić information content (AvgIpc) is 2.45. The summed E-state index contributed by atoms with van der Waals surface area (Å²) in [6, 6.07) is 3.50. The first-order chi connectivity index (χ1) is 5.29. The smallest absolute Gasteiger partial charge is 0.259 e. The van der Waals surface area contributed by atoms with E-state index in [1.54, 1.807) is 12.1 Å². The fourth-order valence-electron chi connectivity index (χ4n) is 1.15. The third-order valence-electron chi connectivity index (χ3n) is 1.69. The van der Waals surface area contributed by atoms with Crippen molar-refractivity contribution in [1.29, 1.82) is 0 Å². The quantitative estimate of drug-likeness (QED) is 0.368. The lowest BCUT2D eigenvalue weighted by atomic mass is 10.3. The van der Waals surface area contributed by atoms with Gasteiger partial charge in [0.1, 0.15) is 0 Å². The van der Waals surface area contributed by atoms with Crippen LogP contribution < -0.4 is 9.47 Å². The molecule has 0 unspecified atom stereocenters. The van der Waals surface area contributed by atoms with Gasteiger partial charge in [0, 0.05) is 22.0 Å². The minimum absolute atomic E-state index is 0.543. The van der Waals surface area contributed by atoms with Crippen LogP contribution in [0.1, 0.15) is 5.69 Å². The van der Waals surface area contributed by atoms with Crippen molar-refractivity contribution in [3.63, 3.8) is 0 Å². The topological polar surface area (TPSA) is 36.2 Å². The van der Waals surface area contributed by atoms with Crippen LogP contribution in [0.15, 0.2) is 16.7 Å². The van der Waals surface area contributed by atoms with Crippen LogP contribution in [-0.2, 0) is 6.42 Å². The summed E-state index contributed by atoms with van der Waals surface area (Å²) in [7, 11) is 0. The van der Waals surface area contributed by atoms with Crippen molar-refractivity contribution in [3.8, 4) is 5.75 Å². The number of ether oxygens (including phenoxy) is 1. The lowest BCUT2D eigenvalue weighted by Gasteiger charge is -2.02. The van der Waals surface area contributed by atoms with Crippen LogP contribution in [0.5, 0.6) is 5.75 Å². The zero-order valence-electron chi connectivity index (χ0n) is 5.71. The summed E-state index contributed by atoms with van der Waals surface area (Å²) in [5, 5.41) is 11.3. The van der Waals surface area contributed by atoms with E-state index in [2.05, 4.69) is 15.9 Å². The highest BCUT2D eigenvalue weighted by molar-refractivity contribution is 9.10. The highest BCUT2D eigenvalue weighted by Crippen LogP contribution is 2.22. The monoisotopic (exact) mass is 215 g/mol. The van der Waals surface area contributed by atoms with Crippen LogP contribution in [0.4, 0.5) is 0 Å². The largest absolute Gasteiger partial charge is 0.618 e. The van der Waals surface area contributed by atoms with E-state index in [4.69, 9.17) is 4.74 Å². The van der Waals surface area contributed by atoms with E-state index in [0.29, 0.717) is 23.4 Å². The van der Waals surface area contributed by atoms with E-state index in [9.17, 15) is 5.21 Å². The summed E-state index contributed by atoms with van der Waals surface area (Å²) in [6.07, 6.45) is 0.707. The highest BCUT2D eigenvalue weighted by atomic mass is 79.9. The van der Waals surface area contributed by atoms with Crippen molar-refractivity contribution < 1.29 is 9.47 Å². The number of nitrogens with zero attached hydrogens (tertiary/aromatic N) is 1. The van der Waals surface area contributed by atoms with E-state index < -0.39 is 0 Å². The molecule has 11 heavy (non-hydrogen) atoms. The van der Waals surface area contributed by atoms with Gasteiger partial charge in [-0.3, -0.25) is 0 Å². The van der Waals surface area contributed by atoms with Gasteiger partial charge in [0.05, 0.1) is 13.0 Å². The molecule has 0 N–H and O–H groups in total. The van der Waals surface area contributed by atoms with Gasteiger partial charge >= 0.3 is 0 Å². The number of hydrogen-bond donors (Lipinski definition) is 0. The number of rotatable bonds is 0. The standard InChI is InChI=1S/C7H6BrNO2/c8-7-2-1-6-5(9(7)10)3-4-11-6/h1-2H,3-4H2. The van der Waals surface area contributed by atoms with E-state index in [1.165, 1.54) is 0 Å². The Balaban J connectivity index is 2.62. The maximum absolute atomic E-state index is 11.3. The highest BCUT2D eigenvalue weighted by Gasteiger charge is 2.22. The van der Waals surface area contributed by atoms with Crippen molar-refractivity contribution in [3.05, 3.63) is 27.6 Å². The van der Waals surface area contributed by atoms with Gasteiger partial charge in [-0.2, -0.15) is 4.73 Å². The lowest BCUT2D eigenvalue weighted by Crippen LogP contribution is -2.32. The number of aromatic nitrogens is 1. The molecule has 0 spiro atoms. The minimum Gasteiger partial charge on any atom is -0.618 e. The molecule has 4 heteroatoms. The normalized spacial score (nSPS) is 14.3. The first-order valence-corrected chi connectivity index (χ1v) is 4.12. The molecule has 1 aliphatic rings. The summed E-state index contributed by atoms with van der Waals surface area (Å²) in [4.78, 5) is 0. The summed E-state index contributed by atoms with van der Waals surface area (Å²) < 4.78 is 6.60. The summed E-state index contributed by atoms with van der Waals surface area (Å²) in [5.74, 6) is 0.711. The van der Waals surface area contributed by atoms with Crippen molar-refractivity contribution in [2.45, 2.75) is 6.42 Å². The molecule has 3 nitrogen and oxygen atoms in total. The summed E-state index contributed by atoms with van der Waals surface area (Å²) >= 11 is 3.14. The molecule has 0 fully saturated rings. The van der Waals surface area contributed by atoms with E-state index in [0.717, 1.165) is 10.4 Å². The Labute approximate surface area is 72.3 Å². The van der Waals surface area contributed by atoms with E-state index >= 15 is 0 Å². The molecule has 2 heterocycles. The molecule has 0 bridgehead atoms. The number of halogens is 1. The van der Waals surface area contributed by atoms with Crippen molar-refractivity contribution >= 4 is 15.9 Å². The maximum atomic E-state index is 11.3. The molecule has 0 radical (unpaired) electrons. The summed E-state index contributed by atoms with van der Waals surface area (Å²) in [5.41, 5.74) is 0.722. The molecule has 0 aliphatic carbocycles. The molecule has 58 valence electrons. The van der Waals surface area contributed by atoms with E-state index in [-0.39, 0.29) is 0 Å². The van der Waals surface area contributed by atoms with Crippen LogP contribution >= 0.6 is 15.9 Å². The van der Waals surface area contributed by atoms with Gasteiger partial charge in [-0.1, -0.05) is 0 Å². The number of hydrogen-bond acceptors (Lipinski definition) is 2. The third-order valence-corrected chi connectivity index (χ3v) is 2.28.